The van der Waals surface area contributed by atoms with E-state index in [4.69, 9.17) is 10.5 Å². The van der Waals surface area contributed by atoms with E-state index in [-0.39, 0.29) is 24.4 Å². The van der Waals surface area contributed by atoms with Gasteiger partial charge in [0.05, 0.1) is 11.0 Å². The number of benzene rings is 3. The van der Waals surface area contributed by atoms with Gasteiger partial charge < -0.3 is 20.4 Å². The highest BCUT2D eigenvalue weighted by Gasteiger charge is 2.48. The molecule has 0 saturated heterocycles. The molecule has 2 amide bonds. The van der Waals surface area contributed by atoms with Crippen molar-refractivity contribution in [1.29, 1.82) is 0 Å². The fourth-order valence-corrected chi connectivity index (χ4v) is 4.71. The van der Waals surface area contributed by atoms with Gasteiger partial charge >= 0.3 is 11.6 Å². The maximum Gasteiger partial charge on any atom is 0.356 e. The minimum Gasteiger partial charge on any atom is -0.487 e. The van der Waals surface area contributed by atoms with Gasteiger partial charge in [0.15, 0.2) is 17.7 Å². The number of imidazole rings is 1. The molecule has 192 valence electrons. The summed E-state index contributed by atoms with van der Waals surface area (Å²) in [6.45, 7) is -0.153. The minimum atomic E-state index is -1.05. The molecule has 2 atom stereocenters. The summed E-state index contributed by atoms with van der Waals surface area (Å²) in [4.78, 5) is 43.1. The molecule has 5 rings (SSSR count). The highest BCUT2D eigenvalue weighted by molar-refractivity contribution is 6.16. The Bertz CT molecular complexity index is 1660. The van der Waals surface area contributed by atoms with Gasteiger partial charge in [-0.2, -0.15) is 0 Å². The normalized spacial score (nSPS) is 17.8. The molecule has 0 saturated carbocycles. The number of H-pyrrole nitrogens is 2. The van der Waals surface area contributed by atoms with Crippen LogP contribution in [0.4, 0.5) is 8.78 Å². The fourth-order valence-electron chi connectivity index (χ4n) is 4.71. The monoisotopic (exact) mass is 517 g/mol. The summed E-state index contributed by atoms with van der Waals surface area (Å²) >= 11 is 0. The lowest BCUT2D eigenvalue weighted by atomic mass is 9.97. The number of primary amides is 1. The number of halogens is 2. The Hall–Kier alpha value is -4.83. The number of hydrogen-bond donors (Lipinski definition) is 3. The van der Waals surface area contributed by atoms with Gasteiger partial charge in [-0.15, -0.1) is 0 Å². The first-order valence-corrected chi connectivity index (χ1v) is 11.7. The Morgan fingerprint density at radius 1 is 0.947 bits per heavy atom. The zero-order chi connectivity index (χ0) is 26.9. The minimum absolute atomic E-state index is 0.0457. The number of carbonyl (C=O) groups excluding carboxylic acids is 2. The molecule has 1 aromatic heterocycles. The lowest BCUT2D eigenvalue weighted by molar-refractivity contribution is -0.848. The summed E-state index contributed by atoms with van der Waals surface area (Å²) in [7, 11) is 0. The molecule has 1 aliphatic rings. The summed E-state index contributed by atoms with van der Waals surface area (Å²) in [5.41, 5.74) is 7.14. The molecule has 1 aliphatic heterocycles. The lowest BCUT2D eigenvalue weighted by Gasteiger charge is -2.40. The first-order chi connectivity index (χ1) is 18.3. The smallest absolute Gasteiger partial charge is 0.356 e. The third-order valence-corrected chi connectivity index (χ3v) is 6.55. The maximum absolute atomic E-state index is 14.2. The molecule has 3 aromatic carbocycles. The van der Waals surface area contributed by atoms with Crippen LogP contribution in [0.2, 0.25) is 0 Å². The molecule has 10 heteroatoms. The number of carbonyl (C=O) groups is 2. The third kappa shape index (κ3) is 4.64. The summed E-state index contributed by atoms with van der Waals surface area (Å²) < 4.78 is 33.5. The molecule has 38 heavy (non-hydrogen) atoms. The van der Waals surface area contributed by atoms with Gasteiger partial charge in [-0.05, 0) is 36.4 Å². The number of hydrogen-bond acceptors (Lipinski definition) is 4. The number of nitrogens with zero attached hydrogens (tertiary/aromatic N) is 1. The highest BCUT2D eigenvalue weighted by Crippen LogP contribution is 2.37. The number of fused-ring (bicyclic) bond motifs is 1. The molecule has 0 bridgehead atoms. The Morgan fingerprint density at radius 3 is 2.45 bits per heavy atom. The quantitative estimate of drug-likeness (QED) is 0.244. The molecule has 0 spiro atoms. The van der Waals surface area contributed by atoms with E-state index in [1.807, 2.05) is 18.2 Å². The second-order valence-electron chi connectivity index (χ2n) is 8.95. The Morgan fingerprint density at radius 2 is 1.71 bits per heavy atom. The largest absolute Gasteiger partial charge is 0.487 e. The van der Waals surface area contributed by atoms with Crippen molar-refractivity contribution >= 4 is 22.8 Å². The zero-order valence-corrected chi connectivity index (χ0v) is 20.0. The van der Waals surface area contributed by atoms with Crippen LogP contribution in [0, 0.1) is 11.6 Å². The second kappa shape index (κ2) is 9.91. The average Bonchev–Trinajstić information content (AvgIpc) is 3.27. The number of allylic oxidation sites excluding steroid dienone is 2. The van der Waals surface area contributed by atoms with Gasteiger partial charge in [0.25, 0.3) is 5.91 Å². The van der Waals surface area contributed by atoms with Crippen molar-refractivity contribution in [3.8, 4) is 5.75 Å². The Kier molecular flexibility index (Phi) is 6.48. The van der Waals surface area contributed by atoms with Crippen molar-refractivity contribution in [2.45, 2.75) is 12.6 Å². The van der Waals surface area contributed by atoms with Crippen LogP contribution < -0.4 is 16.2 Å². The number of nitrogens with one attached hydrogen (secondary N) is 2. The molecule has 0 aliphatic carbocycles. The van der Waals surface area contributed by atoms with Gasteiger partial charge in [-0.1, -0.05) is 36.4 Å². The number of rotatable bonds is 8. The second-order valence-corrected chi connectivity index (χ2v) is 8.95. The molecule has 0 radical (unpaired) electrons. The SMILES string of the molecule is NC(=O)C1=CC=C[N+](Cc2ccc(F)c(F)c2)([C@@H](COc2ccc3[nH]c(=O)[nH]c3c2)c2ccccc2)C1=O. The van der Waals surface area contributed by atoms with Crippen molar-refractivity contribution in [2.75, 3.05) is 6.61 Å². The van der Waals surface area contributed by atoms with E-state index in [2.05, 4.69) is 9.97 Å². The molecular weight excluding hydrogens is 494 g/mol. The van der Waals surface area contributed by atoms with E-state index in [1.54, 1.807) is 42.6 Å². The predicted octanol–water partition coefficient (Wildman–Crippen LogP) is 3.74. The van der Waals surface area contributed by atoms with E-state index in [0.29, 0.717) is 27.9 Å². The summed E-state index contributed by atoms with van der Waals surface area (Å²) in [5, 5.41) is 0. The molecule has 2 heterocycles. The van der Waals surface area contributed by atoms with Crippen LogP contribution >= 0.6 is 0 Å². The molecular formula is C28H23F2N4O4+. The van der Waals surface area contributed by atoms with Crippen molar-refractivity contribution in [1.82, 2.24) is 9.97 Å². The van der Waals surface area contributed by atoms with Gasteiger partial charge in [-0.3, -0.25) is 4.79 Å². The first kappa shape index (κ1) is 24.8. The van der Waals surface area contributed by atoms with Crippen LogP contribution in [0.5, 0.6) is 5.75 Å². The standard InChI is InChI=1S/C28H22F2N4O4/c29-21-10-8-17(13-22(21)30)15-34(12-4-7-20(26(31)35)27(34)36)25(18-5-2-1-3-6-18)16-38-19-9-11-23-24(14-19)33-28(37)32-23/h1-14,25H,15-16H2,(H3-,31,32,33,35,37)/p+1/t25-,34?/m0/s1. The topological polar surface area (TPSA) is 118 Å². The molecule has 4 N–H and O–H groups in total. The van der Waals surface area contributed by atoms with Gasteiger partial charge in [-0.25, -0.2) is 22.9 Å². The predicted molar refractivity (Wildman–Crippen MR) is 135 cm³/mol. The average molecular weight is 518 g/mol. The van der Waals surface area contributed by atoms with Gasteiger partial charge in [0.1, 0.15) is 30.7 Å². The van der Waals surface area contributed by atoms with Crippen molar-refractivity contribution in [3.63, 3.8) is 0 Å². The maximum atomic E-state index is 14.2. The first-order valence-electron chi connectivity index (χ1n) is 11.7. The number of aromatic amines is 2. The molecule has 1 unspecified atom stereocenters. The van der Waals surface area contributed by atoms with Gasteiger partial charge in [0.2, 0.25) is 0 Å². The van der Waals surface area contributed by atoms with Crippen molar-refractivity contribution < 1.29 is 27.6 Å². The Balaban J connectivity index is 1.60. The molecule has 0 fully saturated rings. The van der Waals surface area contributed by atoms with Crippen LogP contribution in [-0.4, -0.2) is 32.9 Å². The number of nitrogens with two attached hydrogens (primary N) is 1. The number of quaternary nitrogens is 1. The molecule has 8 nitrogen and oxygen atoms in total. The van der Waals surface area contributed by atoms with E-state index in [0.717, 1.165) is 12.1 Å². The van der Waals surface area contributed by atoms with Crippen LogP contribution in [0.1, 0.15) is 17.2 Å². The summed E-state index contributed by atoms with van der Waals surface area (Å²) in [6, 6.07) is 16.7. The summed E-state index contributed by atoms with van der Waals surface area (Å²) in [6.07, 6.45) is 4.49. The summed E-state index contributed by atoms with van der Waals surface area (Å²) in [5.74, 6) is -3.14. The van der Waals surface area contributed by atoms with Crippen LogP contribution in [-0.2, 0) is 16.1 Å². The highest BCUT2D eigenvalue weighted by atomic mass is 19.2. The number of aromatic nitrogens is 2. The number of amides is 2. The van der Waals surface area contributed by atoms with Crippen LogP contribution in [0.25, 0.3) is 11.0 Å². The van der Waals surface area contributed by atoms with Crippen molar-refractivity contribution in [2.24, 2.45) is 5.73 Å². The van der Waals surface area contributed by atoms with Crippen LogP contribution in [0.3, 0.4) is 0 Å². The van der Waals surface area contributed by atoms with Gasteiger partial charge in [0, 0.05) is 17.2 Å². The third-order valence-electron chi connectivity index (χ3n) is 6.55. The fraction of sp³-hybridized carbons (Fsp3) is 0.107. The molecule has 4 aromatic rings. The van der Waals surface area contributed by atoms with E-state index in [9.17, 15) is 23.2 Å². The van der Waals surface area contributed by atoms with Crippen LogP contribution in [0.15, 0.2) is 95.4 Å². The number of ether oxygens (including phenoxy) is 1. The van der Waals surface area contributed by atoms with E-state index in [1.165, 1.54) is 12.1 Å². The van der Waals surface area contributed by atoms with Crippen molar-refractivity contribution in [3.05, 3.63) is 124 Å². The Labute approximate surface area is 215 Å². The van der Waals surface area contributed by atoms with E-state index < -0.39 is 34.0 Å². The zero-order valence-electron chi connectivity index (χ0n) is 20.0. The van der Waals surface area contributed by atoms with E-state index >= 15 is 0 Å². The lowest BCUT2D eigenvalue weighted by Crippen LogP contribution is -2.54.